The molecule has 1 rings (SSSR count). The lowest BCUT2D eigenvalue weighted by Crippen LogP contribution is -2.18. The number of ether oxygens (including phenoxy) is 1. The molecule has 0 amide bonds. The van der Waals surface area contributed by atoms with E-state index in [0.29, 0.717) is 11.7 Å². The molecule has 1 N–H and O–H groups in total. The number of thioether (sulfide) groups is 1. The molecular weight excluding hydrogens is 246 g/mol. The average Bonchev–Trinajstić information content (AvgIpc) is 2.36. The summed E-state index contributed by atoms with van der Waals surface area (Å²) in [4.78, 5) is 12.2. The highest BCUT2D eigenvalue weighted by Gasteiger charge is 2.03. The van der Waals surface area contributed by atoms with Gasteiger partial charge in [0.15, 0.2) is 0 Å². The first kappa shape index (κ1) is 15.1. The minimum Gasteiger partial charge on any atom is -0.468 e. The van der Waals surface area contributed by atoms with Gasteiger partial charge < -0.3 is 10.1 Å². The van der Waals surface area contributed by atoms with Gasteiger partial charge in [-0.25, -0.2) is 0 Å². The fourth-order valence-corrected chi connectivity index (χ4v) is 2.26. The molecule has 1 aromatic rings. The maximum absolute atomic E-state index is 11.1. The molecule has 0 radical (unpaired) electrons. The Balaban J connectivity index is 2.43. The topological polar surface area (TPSA) is 38.3 Å². The monoisotopic (exact) mass is 267 g/mol. The Morgan fingerprint density at radius 1 is 1.44 bits per heavy atom. The first-order valence-corrected chi connectivity index (χ1v) is 7.09. The lowest BCUT2D eigenvalue weighted by atomic mass is 10.2. The lowest BCUT2D eigenvalue weighted by Gasteiger charge is -2.08. The normalized spacial score (nSPS) is 10.7. The molecule has 4 heteroatoms. The van der Waals surface area contributed by atoms with Crippen molar-refractivity contribution in [3.05, 3.63) is 29.8 Å². The number of carbonyl (C=O) groups is 1. The first-order valence-electron chi connectivity index (χ1n) is 6.11. The number of rotatable bonds is 7. The van der Waals surface area contributed by atoms with Gasteiger partial charge in [-0.1, -0.05) is 26.0 Å². The molecule has 0 aliphatic heterocycles. The number of hydrogen-bond donors (Lipinski definition) is 1. The quantitative estimate of drug-likeness (QED) is 0.609. The SMILES string of the molecule is COC(=O)CSc1cccc(CNCC(C)C)c1. The second kappa shape index (κ2) is 8.16. The fraction of sp³-hybridized carbons (Fsp3) is 0.500. The van der Waals surface area contributed by atoms with E-state index in [2.05, 4.69) is 36.0 Å². The van der Waals surface area contributed by atoms with Crippen molar-refractivity contribution in [2.45, 2.75) is 25.3 Å². The van der Waals surface area contributed by atoms with E-state index in [1.54, 1.807) is 0 Å². The summed E-state index contributed by atoms with van der Waals surface area (Å²) in [6.45, 7) is 6.26. The summed E-state index contributed by atoms with van der Waals surface area (Å²) in [5, 5.41) is 3.40. The number of benzene rings is 1. The van der Waals surface area contributed by atoms with Crippen LogP contribution in [0.15, 0.2) is 29.2 Å². The molecule has 0 heterocycles. The van der Waals surface area contributed by atoms with Crippen LogP contribution in [0.3, 0.4) is 0 Å². The van der Waals surface area contributed by atoms with Crippen molar-refractivity contribution in [3.63, 3.8) is 0 Å². The van der Waals surface area contributed by atoms with Crippen LogP contribution >= 0.6 is 11.8 Å². The van der Waals surface area contributed by atoms with Crippen LogP contribution in [0, 0.1) is 5.92 Å². The van der Waals surface area contributed by atoms with Crippen LogP contribution in [0.1, 0.15) is 19.4 Å². The van der Waals surface area contributed by atoms with Crippen molar-refractivity contribution < 1.29 is 9.53 Å². The second-order valence-corrected chi connectivity index (χ2v) is 5.59. The van der Waals surface area contributed by atoms with E-state index in [-0.39, 0.29) is 5.97 Å². The van der Waals surface area contributed by atoms with Gasteiger partial charge in [-0.15, -0.1) is 11.8 Å². The van der Waals surface area contributed by atoms with Crippen LogP contribution in [0.5, 0.6) is 0 Å². The van der Waals surface area contributed by atoms with Crippen LogP contribution in [0.25, 0.3) is 0 Å². The summed E-state index contributed by atoms with van der Waals surface area (Å²) in [6.07, 6.45) is 0. The Morgan fingerprint density at radius 3 is 2.89 bits per heavy atom. The summed E-state index contributed by atoms with van der Waals surface area (Å²) in [5.74, 6) is 0.824. The lowest BCUT2D eigenvalue weighted by molar-refractivity contribution is -0.137. The molecule has 18 heavy (non-hydrogen) atoms. The smallest absolute Gasteiger partial charge is 0.315 e. The van der Waals surface area contributed by atoms with Crippen LogP contribution in [-0.4, -0.2) is 25.4 Å². The van der Waals surface area contributed by atoms with Crippen LogP contribution in [-0.2, 0) is 16.1 Å². The standard InChI is InChI=1S/C14H21NO2S/c1-11(2)8-15-9-12-5-4-6-13(7-12)18-10-14(16)17-3/h4-7,11,15H,8-10H2,1-3H3. The average molecular weight is 267 g/mol. The summed E-state index contributed by atoms with van der Waals surface area (Å²) in [5.41, 5.74) is 1.24. The maximum Gasteiger partial charge on any atom is 0.315 e. The van der Waals surface area contributed by atoms with E-state index in [4.69, 9.17) is 0 Å². The Kier molecular flexibility index (Phi) is 6.83. The van der Waals surface area contributed by atoms with E-state index >= 15 is 0 Å². The molecular formula is C14H21NO2S. The van der Waals surface area contributed by atoms with Crippen molar-refractivity contribution in [3.8, 4) is 0 Å². The van der Waals surface area contributed by atoms with Gasteiger partial charge in [-0.3, -0.25) is 4.79 Å². The highest BCUT2D eigenvalue weighted by atomic mass is 32.2. The number of carbonyl (C=O) groups excluding carboxylic acids is 1. The van der Waals surface area contributed by atoms with E-state index < -0.39 is 0 Å². The van der Waals surface area contributed by atoms with Crippen molar-refractivity contribution >= 4 is 17.7 Å². The minimum absolute atomic E-state index is 0.191. The summed E-state index contributed by atoms with van der Waals surface area (Å²) in [7, 11) is 1.41. The highest BCUT2D eigenvalue weighted by Crippen LogP contribution is 2.19. The van der Waals surface area contributed by atoms with Gasteiger partial charge >= 0.3 is 5.97 Å². The van der Waals surface area contributed by atoms with Gasteiger partial charge in [0.25, 0.3) is 0 Å². The Morgan fingerprint density at radius 2 is 2.22 bits per heavy atom. The predicted octanol–water partition coefficient (Wildman–Crippen LogP) is 2.70. The predicted molar refractivity (Wildman–Crippen MR) is 75.7 cm³/mol. The Hall–Kier alpha value is -1.00. The molecule has 0 aromatic heterocycles. The third kappa shape index (κ3) is 6.07. The van der Waals surface area contributed by atoms with E-state index in [1.165, 1.54) is 24.4 Å². The molecule has 0 saturated heterocycles. The highest BCUT2D eigenvalue weighted by molar-refractivity contribution is 8.00. The number of nitrogens with one attached hydrogen (secondary N) is 1. The molecule has 0 fully saturated rings. The van der Waals surface area contributed by atoms with E-state index in [0.717, 1.165) is 18.0 Å². The zero-order valence-corrected chi connectivity index (χ0v) is 12.0. The fourth-order valence-electron chi connectivity index (χ4n) is 1.45. The third-order valence-corrected chi connectivity index (χ3v) is 3.33. The van der Waals surface area contributed by atoms with Crippen molar-refractivity contribution in [1.82, 2.24) is 5.32 Å². The van der Waals surface area contributed by atoms with Gasteiger partial charge in [-0.2, -0.15) is 0 Å². The summed E-state index contributed by atoms with van der Waals surface area (Å²) in [6, 6.07) is 8.24. The summed E-state index contributed by atoms with van der Waals surface area (Å²) >= 11 is 1.50. The van der Waals surface area contributed by atoms with Crippen LogP contribution < -0.4 is 5.32 Å². The molecule has 0 atom stereocenters. The maximum atomic E-state index is 11.1. The molecule has 0 bridgehead atoms. The second-order valence-electron chi connectivity index (χ2n) is 4.54. The van der Waals surface area contributed by atoms with Gasteiger partial charge in [-0.05, 0) is 30.2 Å². The minimum atomic E-state index is -0.191. The molecule has 100 valence electrons. The van der Waals surface area contributed by atoms with Crippen LogP contribution in [0.4, 0.5) is 0 Å². The molecule has 0 spiro atoms. The van der Waals surface area contributed by atoms with Gasteiger partial charge in [0.1, 0.15) is 0 Å². The molecule has 1 aromatic carbocycles. The zero-order valence-electron chi connectivity index (χ0n) is 11.2. The Labute approximate surface area is 113 Å². The molecule has 0 aliphatic carbocycles. The van der Waals surface area contributed by atoms with Gasteiger partial charge in [0, 0.05) is 11.4 Å². The van der Waals surface area contributed by atoms with Gasteiger partial charge in [0.2, 0.25) is 0 Å². The Bertz CT molecular complexity index is 380. The first-order chi connectivity index (χ1) is 8.61. The summed E-state index contributed by atoms with van der Waals surface area (Å²) < 4.78 is 4.62. The zero-order chi connectivity index (χ0) is 13.4. The number of hydrogen-bond acceptors (Lipinski definition) is 4. The largest absolute Gasteiger partial charge is 0.468 e. The molecule has 3 nitrogen and oxygen atoms in total. The van der Waals surface area contributed by atoms with Crippen LogP contribution in [0.2, 0.25) is 0 Å². The van der Waals surface area contributed by atoms with Crippen molar-refractivity contribution in [2.24, 2.45) is 5.92 Å². The van der Waals surface area contributed by atoms with Gasteiger partial charge in [0.05, 0.1) is 12.9 Å². The molecule has 0 unspecified atom stereocenters. The van der Waals surface area contributed by atoms with E-state index in [1.807, 2.05) is 12.1 Å². The van der Waals surface area contributed by atoms with Crippen molar-refractivity contribution in [2.75, 3.05) is 19.4 Å². The molecule has 0 aliphatic rings. The number of methoxy groups -OCH3 is 1. The van der Waals surface area contributed by atoms with E-state index in [9.17, 15) is 4.79 Å². The third-order valence-electron chi connectivity index (χ3n) is 2.36. The molecule has 0 saturated carbocycles. The number of esters is 1. The van der Waals surface area contributed by atoms with Crippen molar-refractivity contribution in [1.29, 1.82) is 0 Å².